The Morgan fingerprint density at radius 1 is 1.35 bits per heavy atom. The molecule has 0 radical (unpaired) electrons. The van der Waals surface area contributed by atoms with Crippen LogP contribution in [0.3, 0.4) is 0 Å². The summed E-state index contributed by atoms with van der Waals surface area (Å²) in [5, 5.41) is 5.64. The number of hydrogen-bond donors (Lipinski definition) is 2. The second-order valence-corrected chi connectivity index (χ2v) is 6.54. The lowest BCUT2D eigenvalue weighted by Crippen LogP contribution is -2.43. The summed E-state index contributed by atoms with van der Waals surface area (Å²) in [4.78, 5) is 25.3. The van der Waals surface area contributed by atoms with Crippen LogP contribution in [0.2, 0.25) is 0 Å². The molecule has 126 valence electrons. The Bertz CT molecular complexity index is 560. The molecular weight excluding hydrogens is 324 g/mol. The lowest BCUT2D eigenvalue weighted by Gasteiger charge is -2.25. The Hall–Kier alpha value is -1.67. The molecule has 23 heavy (non-hydrogen) atoms. The molecule has 1 atom stereocenters. The molecule has 2 rings (SSSR count). The van der Waals surface area contributed by atoms with Crippen molar-refractivity contribution in [2.45, 2.75) is 12.5 Å². The lowest BCUT2D eigenvalue weighted by atomic mass is 10.2. The number of nitrogens with zero attached hydrogens (tertiary/aromatic N) is 1. The van der Waals surface area contributed by atoms with Crippen LogP contribution in [0.1, 0.15) is 6.42 Å². The van der Waals surface area contributed by atoms with E-state index in [1.807, 2.05) is 0 Å². The van der Waals surface area contributed by atoms with Crippen molar-refractivity contribution in [2.24, 2.45) is 0 Å². The summed E-state index contributed by atoms with van der Waals surface area (Å²) in [7, 11) is 1.53. The highest BCUT2D eigenvalue weighted by molar-refractivity contribution is 7.99. The highest BCUT2D eigenvalue weighted by Gasteiger charge is 2.20. The van der Waals surface area contributed by atoms with Crippen molar-refractivity contribution in [2.75, 3.05) is 37.0 Å². The van der Waals surface area contributed by atoms with E-state index >= 15 is 0 Å². The Morgan fingerprint density at radius 2 is 2.04 bits per heavy atom. The maximum atomic E-state index is 13.1. The summed E-state index contributed by atoms with van der Waals surface area (Å²) in [5.74, 6) is -0.291. The Balaban J connectivity index is 1.82. The minimum Gasteiger partial charge on any atom is -0.336 e. The standard InChI is InChI=1S/C15H19F2N3O2S/c1-20(15(22)7-13-9-23-3-2-18-13)8-14(21)19-12-5-10(16)4-11(17)6-12/h4-6,13,18H,2-3,7-9H2,1H3,(H,19,21). The van der Waals surface area contributed by atoms with Crippen LogP contribution in [0.4, 0.5) is 14.5 Å². The molecule has 1 saturated heterocycles. The number of nitrogens with one attached hydrogen (secondary N) is 2. The highest BCUT2D eigenvalue weighted by atomic mass is 32.2. The first kappa shape index (κ1) is 17.7. The van der Waals surface area contributed by atoms with Crippen molar-refractivity contribution in [3.8, 4) is 0 Å². The number of halogens is 2. The van der Waals surface area contributed by atoms with E-state index in [0.717, 1.165) is 36.2 Å². The van der Waals surface area contributed by atoms with Gasteiger partial charge in [0.05, 0.1) is 6.54 Å². The van der Waals surface area contributed by atoms with Crippen LogP contribution in [0, 0.1) is 11.6 Å². The van der Waals surface area contributed by atoms with Gasteiger partial charge in [0, 0.05) is 49.3 Å². The molecular formula is C15H19F2N3O2S. The summed E-state index contributed by atoms with van der Waals surface area (Å²) in [6.07, 6.45) is 0.325. The molecule has 1 aromatic carbocycles. The van der Waals surface area contributed by atoms with Gasteiger partial charge in [-0.05, 0) is 12.1 Å². The number of carbonyl (C=O) groups is 2. The van der Waals surface area contributed by atoms with Crippen molar-refractivity contribution in [1.82, 2.24) is 10.2 Å². The fraction of sp³-hybridized carbons (Fsp3) is 0.467. The second kappa shape index (κ2) is 8.26. The summed E-state index contributed by atoms with van der Waals surface area (Å²) in [6, 6.07) is 2.88. The van der Waals surface area contributed by atoms with Crippen molar-refractivity contribution in [3.05, 3.63) is 29.8 Å². The van der Waals surface area contributed by atoms with Crippen LogP contribution in [0.5, 0.6) is 0 Å². The monoisotopic (exact) mass is 343 g/mol. The van der Waals surface area contributed by atoms with Crippen LogP contribution in [-0.2, 0) is 9.59 Å². The molecule has 8 heteroatoms. The molecule has 0 spiro atoms. The van der Waals surface area contributed by atoms with Gasteiger partial charge in [0.1, 0.15) is 11.6 Å². The van der Waals surface area contributed by atoms with Gasteiger partial charge in [0.25, 0.3) is 0 Å². The first-order chi connectivity index (χ1) is 10.9. The van der Waals surface area contributed by atoms with E-state index in [-0.39, 0.29) is 24.2 Å². The highest BCUT2D eigenvalue weighted by Crippen LogP contribution is 2.13. The maximum Gasteiger partial charge on any atom is 0.243 e. The average Bonchev–Trinajstić information content (AvgIpc) is 2.46. The maximum absolute atomic E-state index is 13.1. The van der Waals surface area contributed by atoms with E-state index in [1.54, 1.807) is 11.8 Å². The molecule has 2 N–H and O–H groups in total. The molecule has 0 aromatic heterocycles. The van der Waals surface area contributed by atoms with E-state index in [2.05, 4.69) is 10.6 Å². The predicted octanol–water partition coefficient (Wildman–Crippen LogP) is 1.46. The zero-order valence-corrected chi connectivity index (χ0v) is 13.6. The fourth-order valence-corrected chi connectivity index (χ4v) is 3.20. The molecule has 1 heterocycles. The van der Waals surface area contributed by atoms with E-state index < -0.39 is 17.5 Å². The average molecular weight is 343 g/mol. The number of thioether (sulfide) groups is 1. The number of rotatable bonds is 5. The van der Waals surface area contributed by atoms with Crippen molar-refractivity contribution >= 4 is 29.3 Å². The van der Waals surface area contributed by atoms with Gasteiger partial charge in [-0.3, -0.25) is 9.59 Å². The predicted molar refractivity (Wildman–Crippen MR) is 86.4 cm³/mol. The van der Waals surface area contributed by atoms with E-state index in [9.17, 15) is 18.4 Å². The Morgan fingerprint density at radius 3 is 2.65 bits per heavy atom. The van der Waals surface area contributed by atoms with Crippen molar-refractivity contribution in [1.29, 1.82) is 0 Å². The third-order valence-electron chi connectivity index (χ3n) is 3.37. The Kier molecular flexibility index (Phi) is 6.35. The molecule has 1 aromatic rings. The van der Waals surface area contributed by atoms with Gasteiger partial charge in [-0.1, -0.05) is 0 Å². The van der Waals surface area contributed by atoms with Crippen LogP contribution < -0.4 is 10.6 Å². The molecule has 0 bridgehead atoms. The number of carbonyl (C=O) groups excluding carboxylic acids is 2. The molecule has 0 saturated carbocycles. The SMILES string of the molecule is CN(CC(=O)Nc1cc(F)cc(F)c1)C(=O)CC1CSCCN1. The topological polar surface area (TPSA) is 61.4 Å². The largest absolute Gasteiger partial charge is 0.336 e. The number of anilines is 1. The number of likely N-dealkylation sites (N-methyl/N-ethyl adjacent to an activating group) is 1. The molecule has 1 aliphatic heterocycles. The molecule has 1 fully saturated rings. The van der Waals surface area contributed by atoms with Gasteiger partial charge in [-0.25, -0.2) is 8.78 Å². The summed E-state index contributed by atoms with van der Waals surface area (Å²) >= 11 is 1.79. The quantitative estimate of drug-likeness (QED) is 0.850. The van der Waals surface area contributed by atoms with Crippen molar-refractivity contribution < 1.29 is 18.4 Å². The number of hydrogen-bond acceptors (Lipinski definition) is 4. The minimum absolute atomic E-state index is 0.0266. The van der Waals surface area contributed by atoms with Crippen LogP contribution in [-0.4, -0.2) is 54.4 Å². The van der Waals surface area contributed by atoms with Crippen molar-refractivity contribution in [3.63, 3.8) is 0 Å². The number of benzene rings is 1. The van der Waals surface area contributed by atoms with E-state index in [4.69, 9.17) is 0 Å². The van der Waals surface area contributed by atoms with E-state index in [0.29, 0.717) is 6.42 Å². The molecule has 0 aliphatic carbocycles. The third-order valence-corrected chi connectivity index (χ3v) is 4.50. The Labute approximate surface area is 137 Å². The zero-order valence-electron chi connectivity index (χ0n) is 12.8. The molecule has 1 aliphatic rings. The van der Waals surface area contributed by atoms with E-state index in [1.165, 1.54) is 11.9 Å². The molecule has 2 amide bonds. The van der Waals surface area contributed by atoms with Gasteiger partial charge in [-0.15, -0.1) is 0 Å². The number of amides is 2. The first-order valence-corrected chi connectivity index (χ1v) is 8.40. The zero-order chi connectivity index (χ0) is 16.8. The second-order valence-electron chi connectivity index (χ2n) is 5.39. The van der Waals surface area contributed by atoms with Gasteiger partial charge in [-0.2, -0.15) is 11.8 Å². The third kappa shape index (κ3) is 5.80. The summed E-state index contributed by atoms with van der Waals surface area (Å²) in [5.41, 5.74) is 0.0266. The first-order valence-electron chi connectivity index (χ1n) is 7.25. The van der Waals surface area contributed by atoms with Gasteiger partial charge < -0.3 is 15.5 Å². The summed E-state index contributed by atoms with van der Waals surface area (Å²) in [6.45, 7) is 0.703. The normalized spacial score (nSPS) is 17.6. The van der Waals surface area contributed by atoms with Crippen LogP contribution >= 0.6 is 11.8 Å². The van der Waals surface area contributed by atoms with Gasteiger partial charge in [0.15, 0.2) is 0 Å². The van der Waals surface area contributed by atoms with Gasteiger partial charge >= 0.3 is 0 Å². The lowest BCUT2D eigenvalue weighted by molar-refractivity contribution is -0.133. The molecule has 5 nitrogen and oxygen atoms in total. The van der Waals surface area contributed by atoms with Crippen LogP contribution in [0.15, 0.2) is 18.2 Å². The molecule has 1 unspecified atom stereocenters. The van der Waals surface area contributed by atoms with Gasteiger partial charge in [0.2, 0.25) is 11.8 Å². The minimum atomic E-state index is -0.773. The fourth-order valence-electron chi connectivity index (χ4n) is 2.25. The smallest absolute Gasteiger partial charge is 0.243 e. The van der Waals surface area contributed by atoms with Crippen LogP contribution in [0.25, 0.3) is 0 Å². The summed E-state index contributed by atoms with van der Waals surface area (Å²) < 4.78 is 26.1.